The largest absolute Gasteiger partial charge is 0.352 e. The van der Waals surface area contributed by atoms with Crippen LogP contribution >= 0.6 is 0 Å². The molecule has 0 bridgehead atoms. The number of carbonyl (C=O) groups is 2. The van der Waals surface area contributed by atoms with Crippen LogP contribution in [0.2, 0.25) is 0 Å². The molecule has 2 atom stereocenters. The number of nitrogens with zero attached hydrogens (tertiary/aromatic N) is 1. The topological polar surface area (TPSA) is 49.4 Å². The fraction of sp³-hybridized carbons (Fsp3) is 0.333. The van der Waals surface area contributed by atoms with Crippen LogP contribution in [0.5, 0.6) is 0 Å². The molecule has 5 heteroatoms. The Kier molecular flexibility index (Phi) is 5.35. The normalized spacial score (nSPS) is 18.3. The van der Waals surface area contributed by atoms with Gasteiger partial charge in [0.05, 0.1) is 11.8 Å². The Morgan fingerprint density at radius 2 is 1.88 bits per heavy atom. The Balaban J connectivity index is 1.57. The fourth-order valence-electron chi connectivity index (χ4n) is 3.14. The molecule has 1 fully saturated rings. The van der Waals surface area contributed by atoms with Crippen molar-refractivity contribution in [2.24, 2.45) is 11.8 Å². The number of benzene rings is 2. The predicted octanol–water partition coefficient (Wildman–Crippen LogP) is 3.44. The molecule has 3 rings (SSSR count). The lowest BCUT2D eigenvalue weighted by Gasteiger charge is -2.21. The number of carbonyl (C=O) groups excluding carboxylic acids is 2. The molecule has 0 spiro atoms. The van der Waals surface area contributed by atoms with Crippen LogP contribution in [0.25, 0.3) is 0 Å². The van der Waals surface area contributed by atoms with E-state index >= 15 is 0 Å². The van der Waals surface area contributed by atoms with Gasteiger partial charge in [-0.25, -0.2) is 4.39 Å². The van der Waals surface area contributed by atoms with Crippen molar-refractivity contribution in [2.45, 2.75) is 26.8 Å². The molecule has 2 aromatic rings. The molecular formula is C21H23FN2O2. The van der Waals surface area contributed by atoms with Gasteiger partial charge in [-0.1, -0.05) is 24.3 Å². The molecule has 1 saturated carbocycles. The van der Waals surface area contributed by atoms with Gasteiger partial charge in [-0.15, -0.1) is 0 Å². The van der Waals surface area contributed by atoms with E-state index < -0.39 is 0 Å². The van der Waals surface area contributed by atoms with Crippen molar-refractivity contribution in [1.29, 1.82) is 0 Å². The molecule has 1 aliphatic carbocycles. The standard InChI is InChI=1S/C21H23FN2O2/c1-3-24(17-6-4-5-14(2)11-17)21(26)19-12-18(19)20(25)23-13-15-7-9-16(22)10-8-15/h4-11,18-19H,3,12-13H2,1-2H3,(H,23,25). The van der Waals surface area contributed by atoms with Crippen molar-refractivity contribution in [3.63, 3.8) is 0 Å². The number of anilines is 1. The van der Waals surface area contributed by atoms with Gasteiger partial charge < -0.3 is 10.2 Å². The Morgan fingerprint density at radius 3 is 2.54 bits per heavy atom. The predicted molar refractivity (Wildman–Crippen MR) is 99.0 cm³/mol. The van der Waals surface area contributed by atoms with Gasteiger partial charge in [0.2, 0.25) is 11.8 Å². The smallest absolute Gasteiger partial charge is 0.230 e. The van der Waals surface area contributed by atoms with Crippen molar-refractivity contribution < 1.29 is 14.0 Å². The third kappa shape index (κ3) is 4.10. The van der Waals surface area contributed by atoms with Gasteiger partial charge in [0.1, 0.15) is 5.82 Å². The molecule has 4 nitrogen and oxygen atoms in total. The summed E-state index contributed by atoms with van der Waals surface area (Å²) in [6.45, 7) is 4.84. The van der Waals surface area contributed by atoms with Crippen molar-refractivity contribution in [2.75, 3.05) is 11.4 Å². The molecular weight excluding hydrogens is 331 g/mol. The highest BCUT2D eigenvalue weighted by molar-refractivity contribution is 6.01. The number of amides is 2. The number of aryl methyl sites for hydroxylation is 1. The van der Waals surface area contributed by atoms with Gasteiger partial charge >= 0.3 is 0 Å². The molecule has 0 radical (unpaired) electrons. The number of halogens is 1. The molecule has 0 heterocycles. The van der Waals surface area contributed by atoms with Crippen LogP contribution in [0.15, 0.2) is 48.5 Å². The number of hydrogen-bond donors (Lipinski definition) is 1. The highest BCUT2D eigenvalue weighted by Crippen LogP contribution is 2.41. The Bertz CT molecular complexity index is 804. The van der Waals surface area contributed by atoms with E-state index in [0.29, 0.717) is 19.5 Å². The summed E-state index contributed by atoms with van der Waals surface area (Å²) in [7, 11) is 0. The minimum absolute atomic E-state index is 0.0000298. The van der Waals surface area contributed by atoms with Crippen LogP contribution in [-0.2, 0) is 16.1 Å². The van der Waals surface area contributed by atoms with E-state index in [9.17, 15) is 14.0 Å². The average Bonchev–Trinajstić information content (AvgIpc) is 3.42. The molecule has 0 aliphatic heterocycles. The lowest BCUT2D eigenvalue weighted by Crippen LogP contribution is -2.34. The van der Waals surface area contributed by atoms with Crippen molar-refractivity contribution in [3.8, 4) is 0 Å². The molecule has 1 N–H and O–H groups in total. The Morgan fingerprint density at radius 1 is 1.15 bits per heavy atom. The molecule has 2 amide bonds. The van der Waals surface area contributed by atoms with Crippen molar-refractivity contribution in [3.05, 3.63) is 65.5 Å². The van der Waals surface area contributed by atoms with Crippen LogP contribution in [0, 0.1) is 24.6 Å². The lowest BCUT2D eigenvalue weighted by atomic mass is 10.2. The summed E-state index contributed by atoms with van der Waals surface area (Å²) in [5, 5.41) is 2.84. The summed E-state index contributed by atoms with van der Waals surface area (Å²) in [5.74, 6) is -0.956. The monoisotopic (exact) mass is 354 g/mol. The zero-order valence-corrected chi connectivity index (χ0v) is 15.0. The maximum atomic E-state index is 12.9. The zero-order valence-electron chi connectivity index (χ0n) is 15.0. The van der Waals surface area contributed by atoms with Gasteiger partial charge in [-0.3, -0.25) is 9.59 Å². The summed E-state index contributed by atoms with van der Waals surface area (Å²) >= 11 is 0. The van der Waals surface area contributed by atoms with Crippen LogP contribution in [0.3, 0.4) is 0 Å². The summed E-state index contributed by atoms with van der Waals surface area (Å²) in [6, 6.07) is 13.8. The van der Waals surface area contributed by atoms with E-state index in [0.717, 1.165) is 16.8 Å². The van der Waals surface area contributed by atoms with Gasteiger partial charge in [0, 0.05) is 18.8 Å². The maximum Gasteiger partial charge on any atom is 0.230 e. The lowest BCUT2D eigenvalue weighted by molar-refractivity contribution is -0.126. The number of nitrogens with one attached hydrogen (secondary N) is 1. The van der Waals surface area contributed by atoms with Crippen LogP contribution in [0.4, 0.5) is 10.1 Å². The Labute approximate surface area is 153 Å². The van der Waals surface area contributed by atoms with Gasteiger partial charge in [0.15, 0.2) is 0 Å². The second-order valence-corrected chi connectivity index (χ2v) is 6.71. The molecule has 1 aliphatic rings. The second-order valence-electron chi connectivity index (χ2n) is 6.71. The summed E-state index contributed by atoms with van der Waals surface area (Å²) in [4.78, 5) is 26.8. The third-order valence-electron chi connectivity index (χ3n) is 4.72. The van der Waals surface area contributed by atoms with Crippen LogP contribution in [-0.4, -0.2) is 18.4 Å². The molecule has 2 unspecified atom stereocenters. The molecule has 26 heavy (non-hydrogen) atoms. The highest BCUT2D eigenvalue weighted by Gasteiger charge is 2.49. The third-order valence-corrected chi connectivity index (χ3v) is 4.72. The Hall–Kier alpha value is -2.69. The number of rotatable bonds is 6. The van der Waals surface area contributed by atoms with Gasteiger partial charge in [-0.05, 0) is 55.7 Å². The minimum Gasteiger partial charge on any atom is -0.352 e. The summed E-state index contributed by atoms with van der Waals surface area (Å²) in [5.41, 5.74) is 2.80. The summed E-state index contributed by atoms with van der Waals surface area (Å²) in [6.07, 6.45) is 0.580. The highest BCUT2D eigenvalue weighted by atomic mass is 19.1. The van der Waals surface area contributed by atoms with E-state index in [4.69, 9.17) is 0 Å². The van der Waals surface area contributed by atoms with Crippen LogP contribution < -0.4 is 10.2 Å². The second kappa shape index (κ2) is 7.68. The van der Waals surface area contributed by atoms with Crippen molar-refractivity contribution >= 4 is 17.5 Å². The molecule has 136 valence electrons. The number of hydrogen-bond acceptors (Lipinski definition) is 2. The van der Waals surface area contributed by atoms with E-state index in [1.807, 2.05) is 38.1 Å². The average molecular weight is 354 g/mol. The molecule has 2 aromatic carbocycles. The van der Waals surface area contributed by atoms with Gasteiger partial charge in [0.25, 0.3) is 0 Å². The van der Waals surface area contributed by atoms with Gasteiger partial charge in [-0.2, -0.15) is 0 Å². The first kappa shape index (κ1) is 18.1. The minimum atomic E-state index is -0.302. The first-order valence-corrected chi connectivity index (χ1v) is 8.89. The SMILES string of the molecule is CCN(C(=O)C1CC1C(=O)NCc1ccc(F)cc1)c1cccc(C)c1. The first-order chi connectivity index (χ1) is 12.5. The van der Waals surface area contributed by atoms with E-state index in [2.05, 4.69) is 5.32 Å². The maximum absolute atomic E-state index is 12.9. The zero-order chi connectivity index (χ0) is 18.7. The molecule has 0 saturated heterocycles. The van der Waals surface area contributed by atoms with E-state index in [1.54, 1.807) is 17.0 Å². The quantitative estimate of drug-likeness (QED) is 0.864. The molecule has 0 aromatic heterocycles. The van der Waals surface area contributed by atoms with E-state index in [-0.39, 0.29) is 29.5 Å². The first-order valence-electron chi connectivity index (χ1n) is 8.89. The fourth-order valence-corrected chi connectivity index (χ4v) is 3.14. The summed E-state index contributed by atoms with van der Waals surface area (Å²) < 4.78 is 12.9. The van der Waals surface area contributed by atoms with Crippen LogP contribution in [0.1, 0.15) is 24.5 Å². The van der Waals surface area contributed by atoms with E-state index in [1.165, 1.54) is 12.1 Å². The van der Waals surface area contributed by atoms with Crippen molar-refractivity contribution in [1.82, 2.24) is 5.32 Å².